The first kappa shape index (κ1) is 21.5. The molecule has 0 bridgehead atoms. The Morgan fingerprint density at radius 3 is 1.44 bits per heavy atom. The molecule has 0 aliphatic heterocycles. The Labute approximate surface area is 151 Å². The monoisotopic (exact) mass is 354 g/mol. The van der Waals surface area contributed by atoms with Crippen molar-refractivity contribution in [2.24, 2.45) is 0 Å². The molecule has 1 aromatic carbocycles. The van der Waals surface area contributed by atoms with Crippen LogP contribution in [0.25, 0.3) is 0 Å². The minimum Gasteiger partial charge on any atom is -0.550 e. The molecule has 25 heavy (non-hydrogen) atoms. The van der Waals surface area contributed by atoms with E-state index in [2.05, 4.69) is 0 Å². The highest BCUT2D eigenvalue weighted by molar-refractivity contribution is 5.42. The summed E-state index contributed by atoms with van der Waals surface area (Å²) in [4.78, 5) is 0. The zero-order chi connectivity index (χ0) is 18.3. The normalized spacial score (nSPS) is 10.9. The molecular formula is C19H30O6-2. The van der Waals surface area contributed by atoms with Gasteiger partial charge < -0.3 is 28.4 Å². The summed E-state index contributed by atoms with van der Waals surface area (Å²) < 4.78 is 32.9. The van der Waals surface area contributed by atoms with E-state index >= 15 is 0 Å². The number of hydrogen-bond acceptors (Lipinski definition) is 6. The van der Waals surface area contributed by atoms with Crippen molar-refractivity contribution in [3.05, 3.63) is 31.4 Å². The third kappa shape index (κ3) is 10.9. The van der Waals surface area contributed by atoms with Gasteiger partial charge in [0.15, 0.2) is 0 Å². The SMILES string of the molecule is C[CH-]OCCOc1cc(OCCO[CH-]C)cc(OCCOC(C)C)c1. The molecule has 0 N–H and O–H groups in total. The Bertz CT molecular complexity index is 419. The van der Waals surface area contributed by atoms with Crippen LogP contribution in [0.3, 0.4) is 0 Å². The number of hydrogen-bond donors (Lipinski definition) is 0. The fourth-order valence-electron chi connectivity index (χ4n) is 1.89. The summed E-state index contributed by atoms with van der Waals surface area (Å²) in [5, 5.41) is 0. The van der Waals surface area contributed by atoms with Crippen molar-refractivity contribution in [1.29, 1.82) is 0 Å². The quantitative estimate of drug-likeness (QED) is 0.354. The summed E-state index contributed by atoms with van der Waals surface area (Å²) in [6.45, 7) is 13.8. The van der Waals surface area contributed by atoms with Crippen LogP contribution in [0.4, 0.5) is 0 Å². The maximum Gasteiger partial charge on any atom is 0.126 e. The highest BCUT2D eigenvalue weighted by Gasteiger charge is 2.05. The van der Waals surface area contributed by atoms with Gasteiger partial charge in [0.25, 0.3) is 0 Å². The van der Waals surface area contributed by atoms with Crippen LogP contribution in [0, 0.1) is 13.2 Å². The van der Waals surface area contributed by atoms with Crippen molar-refractivity contribution in [2.45, 2.75) is 33.8 Å². The molecule has 1 aromatic rings. The summed E-state index contributed by atoms with van der Waals surface area (Å²) in [5.74, 6) is 2.01. The van der Waals surface area contributed by atoms with Crippen LogP contribution >= 0.6 is 0 Å². The Hall–Kier alpha value is -1.50. The molecule has 0 unspecified atom stereocenters. The Morgan fingerprint density at radius 1 is 0.680 bits per heavy atom. The standard InChI is InChI=1S/C19H30O6/c1-5-20-7-9-23-17-13-18(24-10-8-21-6-2)15-19(14-17)25-12-11-22-16(3)4/h5-6,13-16H,7-12H2,1-4H3/q-2. The van der Waals surface area contributed by atoms with Crippen LogP contribution in [0.15, 0.2) is 18.2 Å². The van der Waals surface area contributed by atoms with E-state index < -0.39 is 0 Å². The van der Waals surface area contributed by atoms with E-state index in [9.17, 15) is 0 Å². The molecule has 0 spiro atoms. The summed E-state index contributed by atoms with van der Waals surface area (Å²) in [6, 6.07) is 5.48. The third-order valence-electron chi connectivity index (χ3n) is 2.93. The van der Waals surface area contributed by atoms with Gasteiger partial charge in [-0.2, -0.15) is 13.8 Å². The second-order valence-corrected chi connectivity index (χ2v) is 5.32. The Kier molecular flexibility index (Phi) is 11.9. The predicted molar refractivity (Wildman–Crippen MR) is 95.9 cm³/mol. The second kappa shape index (κ2) is 13.8. The average Bonchev–Trinajstić information content (AvgIpc) is 2.59. The largest absolute Gasteiger partial charge is 0.550 e. The first-order chi connectivity index (χ1) is 12.2. The second-order valence-electron chi connectivity index (χ2n) is 5.32. The van der Waals surface area contributed by atoms with E-state index in [1.165, 1.54) is 0 Å². The minimum absolute atomic E-state index is 0.183. The topological polar surface area (TPSA) is 55.4 Å². The fourth-order valence-corrected chi connectivity index (χ4v) is 1.89. The minimum atomic E-state index is 0.183. The van der Waals surface area contributed by atoms with Crippen LogP contribution in [0.2, 0.25) is 0 Å². The van der Waals surface area contributed by atoms with Crippen molar-refractivity contribution >= 4 is 0 Å². The van der Waals surface area contributed by atoms with Crippen molar-refractivity contribution in [3.8, 4) is 17.2 Å². The summed E-state index contributed by atoms with van der Waals surface area (Å²) in [7, 11) is 0. The zero-order valence-corrected chi connectivity index (χ0v) is 15.7. The molecule has 6 nitrogen and oxygen atoms in total. The molecule has 0 saturated carbocycles. The molecule has 1 rings (SSSR count). The van der Waals surface area contributed by atoms with Crippen molar-refractivity contribution < 1.29 is 28.4 Å². The molecule has 0 saturated heterocycles. The van der Waals surface area contributed by atoms with Gasteiger partial charge >= 0.3 is 0 Å². The van der Waals surface area contributed by atoms with Gasteiger partial charge in [0.2, 0.25) is 0 Å². The van der Waals surface area contributed by atoms with Crippen LogP contribution in [0.1, 0.15) is 27.7 Å². The molecular weight excluding hydrogens is 324 g/mol. The van der Waals surface area contributed by atoms with Gasteiger partial charge in [-0.15, -0.1) is 0 Å². The maximum atomic E-state index is 5.73. The molecule has 144 valence electrons. The first-order valence-corrected chi connectivity index (χ1v) is 8.59. The molecule has 0 aliphatic carbocycles. The predicted octanol–water partition coefficient (Wildman–Crippen LogP) is 3.64. The molecule has 0 radical (unpaired) electrons. The van der Waals surface area contributed by atoms with Crippen molar-refractivity contribution in [3.63, 3.8) is 0 Å². The Morgan fingerprint density at radius 2 is 1.08 bits per heavy atom. The van der Waals surface area contributed by atoms with E-state index in [-0.39, 0.29) is 6.10 Å². The van der Waals surface area contributed by atoms with Crippen LogP contribution < -0.4 is 14.2 Å². The molecule has 0 aliphatic rings. The van der Waals surface area contributed by atoms with Gasteiger partial charge in [0.05, 0.1) is 12.7 Å². The molecule has 0 atom stereocenters. The molecule has 0 aromatic heterocycles. The van der Waals surface area contributed by atoms with Gasteiger partial charge in [0, 0.05) is 31.4 Å². The lowest BCUT2D eigenvalue weighted by molar-refractivity contribution is 0.0551. The van der Waals surface area contributed by atoms with E-state index in [1.807, 2.05) is 45.9 Å². The lowest BCUT2D eigenvalue weighted by atomic mass is 10.3. The Balaban J connectivity index is 2.58. The van der Waals surface area contributed by atoms with E-state index in [0.29, 0.717) is 56.9 Å². The van der Waals surface area contributed by atoms with E-state index in [0.717, 1.165) is 0 Å². The van der Waals surface area contributed by atoms with Crippen LogP contribution in [-0.4, -0.2) is 45.7 Å². The average molecular weight is 354 g/mol. The first-order valence-electron chi connectivity index (χ1n) is 8.59. The van der Waals surface area contributed by atoms with Gasteiger partial charge in [0.1, 0.15) is 37.1 Å². The molecule has 0 heterocycles. The number of benzene rings is 1. The van der Waals surface area contributed by atoms with Crippen LogP contribution in [0.5, 0.6) is 17.2 Å². The summed E-state index contributed by atoms with van der Waals surface area (Å²) in [5.41, 5.74) is 0. The number of rotatable bonds is 15. The van der Waals surface area contributed by atoms with Crippen molar-refractivity contribution in [1.82, 2.24) is 0 Å². The van der Waals surface area contributed by atoms with Crippen molar-refractivity contribution in [2.75, 3.05) is 39.6 Å². The summed E-state index contributed by atoms with van der Waals surface area (Å²) >= 11 is 0. The van der Waals surface area contributed by atoms with Crippen LogP contribution in [-0.2, 0) is 14.2 Å². The highest BCUT2D eigenvalue weighted by Crippen LogP contribution is 2.28. The van der Waals surface area contributed by atoms with Gasteiger partial charge in [-0.05, 0) is 13.8 Å². The number of ether oxygens (including phenoxy) is 6. The fraction of sp³-hybridized carbons (Fsp3) is 0.579. The highest BCUT2D eigenvalue weighted by atomic mass is 16.5. The van der Waals surface area contributed by atoms with Gasteiger partial charge in [-0.1, -0.05) is 0 Å². The summed E-state index contributed by atoms with van der Waals surface area (Å²) in [6.07, 6.45) is 0.183. The smallest absolute Gasteiger partial charge is 0.126 e. The lowest BCUT2D eigenvalue weighted by Gasteiger charge is -2.16. The molecule has 6 heteroatoms. The van der Waals surface area contributed by atoms with E-state index in [4.69, 9.17) is 28.4 Å². The zero-order valence-electron chi connectivity index (χ0n) is 15.7. The maximum absolute atomic E-state index is 5.73. The lowest BCUT2D eigenvalue weighted by Crippen LogP contribution is -2.11. The van der Waals surface area contributed by atoms with Gasteiger partial charge in [-0.25, -0.2) is 13.2 Å². The third-order valence-corrected chi connectivity index (χ3v) is 2.93. The molecule has 0 amide bonds. The van der Waals surface area contributed by atoms with E-state index in [1.54, 1.807) is 13.2 Å². The van der Waals surface area contributed by atoms with Gasteiger partial charge in [-0.3, -0.25) is 0 Å². The molecule has 0 fully saturated rings.